The molecule has 0 radical (unpaired) electrons. The van der Waals surface area contributed by atoms with E-state index < -0.39 is 0 Å². The van der Waals surface area contributed by atoms with E-state index >= 15 is 0 Å². The van der Waals surface area contributed by atoms with Crippen molar-refractivity contribution in [3.63, 3.8) is 0 Å². The molecular formula is C17H26BrIN4O. The minimum atomic E-state index is 0. The molecular weight excluding hydrogens is 483 g/mol. The summed E-state index contributed by atoms with van der Waals surface area (Å²) in [5.41, 5.74) is 0.812. The summed E-state index contributed by atoms with van der Waals surface area (Å²) in [6.45, 7) is 4.92. The van der Waals surface area contributed by atoms with Crippen LogP contribution >= 0.6 is 39.9 Å². The van der Waals surface area contributed by atoms with Crippen LogP contribution in [-0.4, -0.2) is 43.4 Å². The summed E-state index contributed by atoms with van der Waals surface area (Å²) in [6, 6.07) is 7.58. The third-order valence-corrected chi connectivity index (χ3v) is 4.46. The maximum Gasteiger partial charge on any atom is 0.226 e. The highest BCUT2D eigenvalue weighted by Crippen LogP contribution is 2.15. The molecule has 1 aromatic rings. The largest absolute Gasteiger partial charge is 0.356 e. The number of nitrogens with one attached hydrogen (secondary N) is 2. The molecule has 1 amide bonds. The van der Waals surface area contributed by atoms with E-state index in [0.717, 1.165) is 29.2 Å². The van der Waals surface area contributed by atoms with Crippen molar-refractivity contribution < 1.29 is 4.79 Å². The number of carbonyl (C=O) groups excluding carboxylic acids is 1. The lowest BCUT2D eigenvalue weighted by Gasteiger charge is -2.33. The zero-order chi connectivity index (χ0) is 16.7. The quantitative estimate of drug-likeness (QED) is 0.370. The highest BCUT2D eigenvalue weighted by atomic mass is 127. The van der Waals surface area contributed by atoms with Crippen molar-refractivity contribution in [2.75, 3.05) is 32.0 Å². The molecule has 1 aliphatic rings. The van der Waals surface area contributed by atoms with E-state index in [1.54, 1.807) is 7.05 Å². The third kappa shape index (κ3) is 6.96. The number of piperidine rings is 1. The molecule has 0 spiro atoms. The normalized spacial score (nSPS) is 17.9. The summed E-state index contributed by atoms with van der Waals surface area (Å²) in [6.07, 6.45) is 2.90. The number of hydrogen-bond acceptors (Lipinski definition) is 2. The van der Waals surface area contributed by atoms with Gasteiger partial charge in [0.2, 0.25) is 5.91 Å². The van der Waals surface area contributed by atoms with E-state index in [1.165, 1.54) is 12.8 Å². The third-order valence-electron chi connectivity index (χ3n) is 3.93. The van der Waals surface area contributed by atoms with Crippen LogP contribution in [0.15, 0.2) is 33.7 Å². The van der Waals surface area contributed by atoms with Crippen LogP contribution in [0.1, 0.15) is 26.2 Å². The molecule has 1 unspecified atom stereocenters. The van der Waals surface area contributed by atoms with Crippen LogP contribution in [0.5, 0.6) is 0 Å². The van der Waals surface area contributed by atoms with Gasteiger partial charge in [-0.3, -0.25) is 9.79 Å². The van der Waals surface area contributed by atoms with Crippen molar-refractivity contribution in [1.82, 2.24) is 10.2 Å². The van der Waals surface area contributed by atoms with Gasteiger partial charge in [-0.25, -0.2) is 0 Å². The van der Waals surface area contributed by atoms with Gasteiger partial charge in [0.1, 0.15) is 0 Å². The number of carbonyl (C=O) groups is 1. The lowest BCUT2D eigenvalue weighted by molar-refractivity contribution is -0.116. The fraction of sp³-hybridized carbons (Fsp3) is 0.529. The molecule has 0 aliphatic carbocycles. The van der Waals surface area contributed by atoms with E-state index in [9.17, 15) is 4.79 Å². The van der Waals surface area contributed by atoms with Crippen molar-refractivity contribution in [2.45, 2.75) is 26.2 Å². The predicted molar refractivity (Wildman–Crippen MR) is 114 cm³/mol. The summed E-state index contributed by atoms with van der Waals surface area (Å²) < 4.78 is 0.997. The van der Waals surface area contributed by atoms with E-state index in [4.69, 9.17) is 0 Å². The Kier molecular flexibility index (Phi) is 9.65. The van der Waals surface area contributed by atoms with E-state index in [0.29, 0.717) is 18.9 Å². The number of guanidine groups is 1. The predicted octanol–water partition coefficient (Wildman–Crippen LogP) is 3.70. The topological polar surface area (TPSA) is 56.7 Å². The Labute approximate surface area is 169 Å². The fourth-order valence-electron chi connectivity index (χ4n) is 2.76. The van der Waals surface area contributed by atoms with Gasteiger partial charge in [-0.15, -0.1) is 24.0 Å². The Morgan fingerprint density at radius 2 is 2.08 bits per heavy atom. The van der Waals surface area contributed by atoms with Crippen LogP contribution in [0.2, 0.25) is 0 Å². The average Bonchev–Trinajstić information content (AvgIpc) is 2.54. The number of rotatable bonds is 4. The first kappa shape index (κ1) is 21.2. The van der Waals surface area contributed by atoms with Gasteiger partial charge in [0, 0.05) is 43.3 Å². The SMILES string of the molecule is CN=C(NCCC(=O)Nc1ccc(Br)cc1)N1CCCC(C)C1.I. The van der Waals surface area contributed by atoms with Gasteiger partial charge in [0.15, 0.2) is 5.96 Å². The lowest BCUT2D eigenvalue weighted by atomic mass is 10.0. The summed E-state index contributed by atoms with van der Waals surface area (Å²) in [5.74, 6) is 1.60. The molecule has 2 rings (SSSR count). The summed E-state index contributed by atoms with van der Waals surface area (Å²) in [4.78, 5) is 18.6. The second-order valence-electron chi connectivity index (χ2n) is 5.97. The molecule has 2 N–H and O–H groups in total. The Bertz CT molecular complexity index is 550. The monoisotopic (exact) mass is 508 g/mol. The van der Waals surface area contributed by atoms with Gasteiger partial charge >= 0.3 is 0 Å². The van der Waals surface area contributed by atoms with Gasteiger partial charge in [0.05, 0.1) is 0 Å². The molecule has 0 saturated carbocycles. The standard InChI is InChI=1S/C17H25BrN4O.HI/c1-13-4-3-11-22(12-13)17(19-2)20-10-9-16(23)21-15-7-5-14(18)6-8-15;/h5-8,13H,3-4,9-12H2,1-2H3,(H,19,20)(H,21,23);1H. The van der Waals surface area contributed by atoms with Crippen LogP contribution in [0, 0.1) is 5.92 Å². The molecule has 134 valence electrons. The average molecular weight is 509 g/mol. The van der Waals surface area contributed by atoms with E-state index in [1.807, 2.05) is 24.3 Å². The van der Waals surface area contributed by atoms with E-state index in [2.05, 4.69) is 43.4 Å². The fourth-order valence-corrected chi connectivity index (χ4v) is 3.02. The zero-order valence-corrected chi connectivity index (χ0v) is 18.1. The van der Waals surface area contributed by atoms with Gasteiger partial charge < -0.3 is 15.5 Å². The Balaban J connectivity index is 0.00000288. The van der Waals surface area contributed by atoms with Crippen LogP contribution in [-0.2, 0) is 4.79 Å². The highest BCUT2D eigenvalue weighted by molar-refractivity contribution is 14.0. The Hall–Kier alpha value is -0.830. The Morgan fingerprint density at radius 3 is 2.71 bits per heavy atom. The number of likely N-dealkylation sites (tertiary alicyclic amines) is 1. The lowest BCUT2D eigenvalue weighted by Crippen LogP contribution is -2.46. The number of anilines is 1. The highest BCUT2D eigenvalue weighted by Gasteiger charge is 2.19. The minimum absolute atomic E-state index is 0. The molecule has 1 aromatic carbocycles. The molecule has 0 bridgehead atoms. The molecule has 24 heavy (non-hydrogen) atoms. The molecule has 1 heterocycles. The van der Waals surface area contributed by atoms with Crippen LogP contribution in [0.4, 0.5) is 5.69 Å². The molecule has 1 fully saturated rings. The van der Waals surface area contributed by atoms with Gasteiger partial charge in [-0.2, -0.15) is 0 Å². The first-order valence-electron chi connectivity index (χ1n) is 8.09. The van der Waals surface area contributed by atoms with Crippen molar-refractivity contribution in [2.24, 2.45) is 10.9 Å². The van der Waals surface area contributed by atoms with E-state index in [-0.39, 0.29) is 29.9 Å². The summed E-state index contributed by atoms with van der Waals surface area (Å²) >= 11 is 3.38. The smallest absolute Gasteiger partial charge is 0.226 e. The van der Waals surface area contributed by atoms with Crippen LogP contribution in [0.3, 0.4) is 0 Å². The second-order valence-corrected chi connectivity index (χ2v) is 6.89. The van der Waals surface area contributed by atoms with Crippen LogP contribution < -0.4 is 10.6 Å². The maximum atomic E-state index is 12.0. The second kappa shape index (κ2) is 10.9. The summed E-state index contributed by atoms with van der Waals surface area (Å²) in [5, 5.41) is 6.19. The van der Waals surface area contributed by atoms with Crippen LogP contribution in [0.25, 0.3) is 0 Å². The summed E-state index contributed by atoms with van der Waals surface area (Å²) in [7, 11) is 1.80. The molecule has 0 aromatic heterocycles. The van der Waals surface area contributed by atoms with Crippen molar-refractivity contribution >= 4 is 57.5 Å². The van der Waals surface area contributed by atoms with Gasteiger partial charge in [-0.1, -0.05) is 22.9 Å². The van der Waals surface area contributed by atoms with Crippen molar-refractivity contribution in [1.29, 1.82) is 0 Å². The number of aliphatic imine (C=N–C) groups is 1. The number of amides is 1. The van der Waals surface area contributed by atoms with Crippen molar-refractivity contribution in [3.05, 3.63) is 28.7 Å². The molecule has 1 saturated heterocycles. The van der Waals surface area contributed by atoms with Gasteiger partial charge in [-0.05, 0) is 43.0 Å². The minimum Gasteiger partial charge on any atom is -0.356 e. The molecule has 7 heteroatoms. The zero-order valence-electron chi connectivity index (χ0n) is 14.2. The van der Waals surface area contributed by atoms with Crippen molar-refractivity contribution in [3.8, 4) is 0 Å². The first-order valence-corrected chi connectivity index (χ1v) is 8.89. The number of hydrogen-bond donors (Lipinski definition) is 2. The Morgan fingerprint density at radius 1 is 1.38 bits per heavy atom. The molecule has 1 atom stereocenters. The molecule has 1 aliphatic heterocycles. The number of halogens is 2. The maximum absolute atomic E-state index is 12.0. The first-order chi connectivity index (χ1) is 11.1. The molecule has 5 nitrogen and oxygen atoms in total. The van der Waals surface area contributed by atoms with Gasteiger partial charge in [0.25, 0.3) is 0 Å². The number of nitrogens with zero attached hydrogens (tertiary/aromatic N) is 2. The number of benzene rings is 1.